The number of rotatable bonds is 7. The molecule has 0 amide bonds. The molecule has 11 aromatic rings. The van der Waals surface area contributed by atoms with Crippen LogP contribution in [0.15, 0.2) is 212 Å². The Morgan fingerprint density at radius 1 is 0.315 bits per heavy atom. The summed E-state index contributed by atoms with van der Waals surface area (Å²) in [5, 5.41) is 9.36. The summed E-state index contributed by atoms with van der Waals surface area (Å²) in [7, 11) is -2.65. The smallest absolute Gasteiger partial charge is 0.179 e. The van der Waals surface area contributed by atoms with Crippen LogP contribution in [0.2, 0.25) is 0 Å². The van der Waals surface area contributed by atoms with E-state index in [1.807, 2.05) is 0 Å². The van der Waals surface area contributed by atoms with E-state index in [0.29, 0.717) is 0 Å². The topological polar surface area (TPSA) is 12.1 Å². The van der Waals surface area contributed by atoms with Crippen LogP contribution in [0.25, 0.3) is 43.9 Å². The Kier molecular flexibility index (Phi) is 6.88. The molecule has 11 rings (SSSR count). The van der Waals surface area contributed by atoms with Crippen LogP contribution in [0.3, 0.4) is 0 Å². The lowest BCUT2D eigenvalue weighted by Crippen LogP contribution is -2.74. The van der Waals surface area contributed by atoms with Gasteiger partial charge in [-0.25, -0.2) is 0 Å². The predicted molar refractivity (Wildman–Crippen MR) is 230 cm³/mol. The van der Waals surface area contributed by atoms with Crippen LogP contribution in [-0.4, -0.2) is 16.9 Å². The Labute approximate surface area is 314 Å². The molecule has 8 aromatic carbocycles. The van der Waals surface area contributed by atoms with Crippen LogP contribution < -0.4 is 25.6 Å². The molecule has 254 valence electrons. The monoisotopic (exact) mass is 705 g/mol. The number of aromatic nitrogens is 2. The number of para-hydroxylation sites is 3. The minimum absolute atomic E-state index is 1.12. The largest absolute Gasteiger partial charge is 0.310 e. The minimum atomic E-state index is -2.65. The Hall–Kier alpha value is -6.88. The maximum Gasteiger partial charge on any atom is 0.179 e. The zero-order chi connectivity index (χ0) is 35.6. The predicted octanol–water partition coefficient (Wildman–Crippen LogP) is 9.94. The van der Waals surface area contributed by atoms with Crippen molar-refractivity contribution in [2.75, 3.05) is 4.90 Å². The van der Waals surface area contributed by atoms with Gasteiger partial charge in [0.15, 0.2) is 8.07 Å². The molecule has 3 nitrogen and oxygen atoms in total. The van der Waals surface area contributed by atoms with E-state index in [1.54, 1.807) is 0 Å². The molecule has 0 N–H and O–H groups in total. The molecule has 0 aliphatic heterocycles. The highest BCUT2D eigenvalue weighted by molar-refractivity contribution is 7.19. The van der Waals surface area contributed by atoms with Crippen molar-refractivity contribution in [3.63, 3.8) is 0 Å². The van der Waals surface area contributed by atoms with E-state index in [0.717, 1.165) is 17.1 Å². The maximum atomic E-state index is 2.47. The Balaban J connectivity index is 1.13. The first kappa shape index (κ1) is 30.7. The number of hydrogen-bond acceptors (Lipinski definition) is 1. The van der Waals surface area contributed by atoms with Crippen molar-refractivity contribution in [2.45, 2.75) is 0 Å². The quantitative estimate of drug-likeness (QED) is 0.119. The molecular formula is C50H35N3Si. The highest BCUT2D eigenvalue weighted by Crippen LogP contribution is 2.43. The lowest BCUT2D eigenvalue weighted by atomic mass is 10.1. The number of hydrogen-bond donors (Lipinski definition) is 0. The average Bonchev–Trinajstić information content (AvgIpc) is 3.88. The molecule has 0 radical (unpaired) electrons. The first-order chi connectivity index (χ1) is 26.8. The van der Waals surface area contributed by atoms with Gasteiger partial charge in [0.2, 0.25) is 0 Å². The van der Waals surface area contributed by atoms with Gasteiger partial charge in [-0.15, -0.1) is 0 Å². The van der Waals surface area contributed by atoms with Gasteiger partial charge in [0.25, 0.3) is 0 Å². The van der Waals surface area contributed by atoms with Crippen molar-refractivity contribution < 1.29 is 0 Å². The van der Waals surface area contributed by atoms with Crippen LogP contribution in [0.1, 0.15) is 0 Å². The van der Waals surface area contributed by atoms with Gasteiger partial charge in [-0.2, -0.15) is 0 Å². The fourth-order valence-electron chi connectivity index (χ4n) is 9.15. The number of imidazole rings is 1. The van der Waals surface area contributed by atoms with Crippen LogP contribution in [0, 0.1) is 0 Å². The SMILES string of the molecule is c1ccc(N(c2ccc([Si](c3ccccc3)(c3ccccc3)c3ccccc3)cc2)c2ccc3c(c2)n2c4ccccc4c4c5ccccc5n3c42)cc1. The van der Waals surface area contributed by atoms with Crippen molar-refractivity contribution in [1.29, 1.82) is 0 Å². The highest BCUT2D eigenvalue weighted by atomic mass is 28.3. The Morgan fingerprint density at radius 2 is 0.722 bits per heavy atom. The van der Waals surface area contributed by atoms with Crippen LogP contribution >= 0.6 is 0 Å². The van der Waals surface area contributed by atoms with Gasteiger partial charge >= 0.3 is 0 Å². The van der Waals surface area contributed by atoms with E-state index in [1.165, 1.54) is 64.6 Å². The fraction of sp³-hybridized carbons (Fsp3) is 0. The van der Waals surface area contributed by atoms with Gasteiger partial charge in [0, 0.05) is 33.2 Å². The lowest BCUT2D eigenvalue weighted by Gasteiger charge is -2.35. The third kappa shape index (κ3) is 4.35. The minimum Gasteiger partial charge on any atom is -0.310 e. The molecule has 0 unspecified atom stereocenters. The van der Waals surface area contributed by atoms with Crippen LogP contribution in [-0.2, 0) is 0 Å². The van der Waals surface area contributed by atoms with E-state index >= 15 is 0 Å². The van der Waals surface area contributed by atoms with Crippen molar-refractivity contribution in [1.82, 2.24) is 8.80 Å². The zero-order valence-electron chi connectivity index (χ0n) is 29.5. The van der Waals surface area contributed by atoms with Crippen molar-refractivity contribution >= 4 is 89.8 Å². The maximum absolute atomic E-state index is 2.65. The summed E-state index contributed by atoms with van der Waals surface area (Å²) in [6.45, 7) is 0. The summed E-state index contributed by atoms with van der Waals surface area (Å²) in [4.78, 5) is 2.40. The molecule has 0 atom stereocenters. The van der Waals surface area contributed by atoms with E-state index < -0.39 is 8.07 Å². The van der Waals surface area contributed by atoms with Gasteiger partial charge in [0.05, 0.1) is 22.1 Å². The average molecular weight is 706 g/mol. The molecule has 0 fully saturated rings. The Morgan fingerprint density at radius 3 is 1.26 bits per heavy atom. The summed E-state index contributed by atoms with van der Waals surface area (Å²) in [6.07, 6.45) is 0. The van der Waals surface area contributed by atoms with E-state index in [4.69, 9.17) is 0 Å². The van der Waals surface area contributed by atoms with E-state index in [9.17, 15) is 0 Å². The molecule has 0 saturated carbocycles. The van der Waals surface area contributed by atoms with Gasteiger partial charge in [-0.05, 0) is 75.3 Å². The molecule has 0 aliphatic carbocycles. The number of fused-ring (bicyclic) bond motifs is 9. The standard InChI is InChI=1S/C50H35N3Si/c1-5-17-36(18-6-1)51(38-31-34-47-48(35-38)53-46-28-16-14-26-44(46)49-43-25-13-15-27-45(43)52(47)50(49)53)37-29-32-42(33-30-37)54(39-19-7-2-8-20-39,40-21-9-3-10-22-40)41-23-11-4-12-24-41/h1-35H. The molecule has 54 heavy (non-hydrogen) atoms. The molecule has 0 bridgehead atoms. The van der Waals surface area contributed by atoms with E-state index in [2.05, 4.69) is 226 Å². The molecule has 0 aliphatic rings. The molecule has 0 saturated heterocycles. The zero-order valence-corrected chi connectivity index (χ0v) is 30.5. The third-order valence-corrected chi connectivity index (χ3v) is 16.2. The number of anilines is 3. The van der Waals surface area contributed by atoms with Crippen molar-refractivity contribution in [2.24, 2.45) is 0 Å². The fourth-order valence-corrected chi connectivity index (χ4v) is 13.9. The second-order valence-electron chi connectivity index (χ2n) is 14.1. The molecule has 4 heteroatoms. The lowest BCUT2D eigenvalue weighted by molar-refractivity contribution is 1.28. The summed E-state index contributed by atoms with van der Waals surface area (Å²) < 4.78 is 4.92. The Bertz CT molecular complexity index is 2980. The molecule has 3 heterocycles. The highest BCUT2D eigenvalue weighted by Gasteiger charge is 2.41. The van der Waals surface area contributed by atoms with Gasteiger partial charge in [-0.1, -0.05) is 158 Å². The second kappa shape index (κ2) is 12.1. The molecular weight excluding hydrogens is 671 g/mol. The van der Waals surface area contributed by atoms with Crippen molar-refractivity contribution in [3.8, 4) is 0 Å². The van der Waals surface area contributed by atoms with Gasteiger partial charge in [-0.3, -0.25) is 8.80 Å². The summed E-state index contributed by atoms with van der Waals surface area (Å²) >= 11 is 0. The summed E-state index contributed by atoms with van der Waals surface area (Å²) in [5.74, 6) is 0. The number of nitrogens with zero attached hydrogens (tertiary/aromatic N) is 3. The van der Waals surface area contributed by atoms with Gasteiger partial charge < -0.3 is 4.90 Å². The second-order valence-corrected chi connectivity index (χ2v) is 18.0. The van der Waals surface area contributed by atoms with Gasteiger partial charge in [0.1, 0.15) is 5.65 Å². The van der Waals surface area contributed by atoms with E-state index in [-0.39, 0.29) is 0 Å². The normalized spacial score (nSPS) is 12.1. The first-order valence-corrected chi connectivity index (χ1v) is 20.6. The summed E-state index contributed by atoms with van der Waals surface area (Å²) in [6, 6.07) is 78.2. The van der Waals surface area contributed by atoms with Crippen LogP contribution in [0.4, 0.5) is 17.1 Å². The van der Waals surface area contributed by atoms with Crippen molar-refractivity contribution in [3.05, 3.63) is 212 Å². The van der Waals surface area contributed by atoms with Crippen LogP contribution in [0.5, 0.6) is 0 Å². The molecule has 0 spiro atoms. The summed E-state index contributed by atoms with van der Waals surface area (Å²) in [5.41, 5.74) is 9.47. The third-order valence-electron chi connectivity index (χ3n) is 11.4. The number of benzene rings is 8. The molecule has 3 aromatic heterocycles. The first-order valence-electron chi connectivity index (χ1n) is 18.6.